The first-order valence-electron chi connectivity index (χ1n) is 11.7. The molecular weight excluding hydrogens is 430 g/mol. The molecule has 0 unspecified atom stereocenters. The topological polar surface area (TPSA) is 99.4 Å². The van der Waals surface area contributed by atoms with E-state index in [-0.39, 0.29) is 18.4 Å². The summed E-state index contributed by atoms with van der Waals surface area (Å²) in [5.74, 6) is 0.949. The number of aromatic amines is 1. The van der Waals surface area contributed by atoms with Crippen molar-refractivity contribution in [3.63, 3.8) is 0 Å². The maximum absolute atomic E-state index is 12.4. The molecule has 3 aromatic rings. The number of amides is 2. The summed E-state index contributed by atoms with van der Waals surface area (Å²) in [4.78, 5) is 34.1. The maximum Gasteiger partial charge on any atom is 0.257 e. The summed E-state index contributed by atoms with van der Waals surface area (Å²) in [5, 5.41) is 5.77. The summed E-state index contributed by atoms with van der Waals surface area (Å²) in [7, 11) is 0. The van der Waals surface area contributed by atoms with Crippen molar-refractivity contribution >= 4 is 11.8 Å². The number of benzene rings is 2. The van der Waals surface area contributed by atoms with Gasteiger partial charge in [-0.05, 0) is 42.2 Å². The number of hydrogen-bond donors (Lipinski definition) is 3. The fraction of sp³-hybridized carbons (Fsp3) is 0.346. The van der Waals surface area contributed by atoms with Crippen LogP contribution in [0.3, 0.4) is 0 Å². The van der Waals surface area contributed by atoms with Crippen molar-refractivity contribution in [3.05, 3.63) is 83.4 Å². The summed E-state index contributed by atoms with van der Waals surface area (Å²) >= 11 is 0. The number of rotatable bonds is 11. The number of carbonyl (C=O) groups is 2. The van der Waals surface area contributed by atoms with Crippen molar-refractivity contribution < 1.29 is 14.3 Å². The maximum atomic E-state index is 12.4. The smallest absolute Gasteiger partial charge is 0.257 e. The fourth-order valence-corrected chi connectivity index (χ4v) is 4.03. The standard InChI is InChI=1S/C26H31N5O3/c32-25(29-11-4-15-31-16-10-20-5-1-2-6-22(20)18-31)19-34-23-8-3-7-21(17-23)26(33)30-12-9-24-27-13-14-28-24/h1-3,5-8,13-14,17H,4,9-12,15-16,18-19H2,(H,27,28)(H,29,32)(H,30,33). The highest BCUT2D eigenvalue weighted by atomic mass is 16.5. The fourth-order valence-electron chi connectivity index (χ4n) is 4.03. The molecule has 0 fully saturated rings. The van der Waals surface area contributed by atoms with E-state index in [0.717, 1.165) is 38.3 Å². The molecule has 1 aromatic heterocycles. The van der Waals surface area contributed by atoms with Crippen LogP contribution < -0.4 is 15.4 Å². The number of aromatic nitrogens is 2. The van der Waals surface area contributed by atoms with Crippen LogP contribution in [0.2, 0.25) is 0 Å². The average molecular weight is 462 g/mol. The van der Waals surface area contributed by atoms with Crippen LogP contribution in [0.1, 0.15) is 33.7 Å². The molecule has 3 N–H and O–H groups in total. The van der Waals surface area contributed by atoms with Crippen LogP contribution in [0.4, 0.5) is 0 Å². The first kappa shape index (κ1) is 23.5. The largest absolute Gasteiger partial charge is 0.484 e. The summed E-state index contributed by atoms with van der Waals surface area (Å²) in [6.07, 6.45) is 6.03. The molecule has 0 saturated heterocycles. The number of nitrogens with one attached hydrogen (secondary N) is 3. The van der Waals surface area contributed by atoms with Crippen LogP contribution >= 0.6 is 0 Å². The molecule has 1 aliphatic heterocycles. The Bertz CT molecular complexity index is 1080. The van der Waals surface area contributed by atoms with Gasteiger partial charge in [-0.3, -0.25) is 14.5 Å². The lowest BCUT2D eigenvalue weighted by Gasteiger charge is -2.28. The van der Waals surface area contributed by atoms with E-state index >= 15 is 0 Å². The lowest BCUT2D eigenvalue weighted by atomic mass is 10.00. The van der Waals surface area contributed by atoms with Crippen molar-refractivity contribution in [1.29, 1.82) is 0 Å². The highest BCUT2D eigenvalue weighted by molar-refractivity contribution is 5.94. The van der Waals surface area contributed by atoms with Gasteiger partial charge in [-0.25, -0.2) is 4.98 Å². The van der Waals surface area contributed by atoms with Crippen molar-refractivity contribution in [3.8, 4) is 5.75 Å². The molecule has 2 aromatic carbocycles. The van der Waals surface area contributed by atoms with E-state index in [1.807, 2.05) is 0 Å². The molecule has 0 saturated carbocycles. The van der Waals surface area contributed by atoms with Crippen molar-refractivity contribution in [2.24, 2.45) is 0 Å². The molecular formula is C26H31N5O3. The second-order valence-electron chi connectivity index (χ2n) is 8.36. The van der Waals surface area contributed by atoms with Gasteiger partial charge in [0.15, 0.2) is 6.61 Å². The SMILES string of the molecule is O=C(COc1cccc(C(=O)NCCc2ncc[nH]2)c1)NCCCN1CCc2ccccc2C1. The monoisotopic (exact) mass is 461 g/mol. The van der Waals surface area contributed by atoms with Crippen molar-refractivity contribution in [2.45, 2.75) is 25.8 Å². The Balaban J connectivity index is 1.12. The normalized spacial score (nSPS) is 13.2. The molecule has 0 atom stereocenters. The summed E-state index contributed by atoms with van der Waals surface area (Å²) in [6, 6.07) is 15.4. The van der Waals surface area contributed by atoms with Crippen LogP contribution in [0.15, 0.2) is 60.9 Å². The highest BCUT2D eigenvalue weighted by Crippen LogP contribution is 2.18. The molecule has 2 heterocycles. The van der Waals surface area contributed by atoms with Crippen LogP contribution in [0, 0.1) is 0 Å². The molecule has 8 nitrogen and oxygen atoms in total. The molecule has 8 heteroatoms. The van der Waals surface area contributed by atoms with E-state index in [9.17, 15) is 9.59 Å². The van der Waals surface area contributed by atoms with E-state index in [4.69, 9.17) is 4.74 Å². The van der Waals surface area contributed by atoms with E-state index < -0.39 is 0 Å². The third-order valence-corrected chi connectivity index (χ3v) is 5.85. The second kappa shape index (κ2) is 12.0. The van der Waals surface area contributed by atoms with E-state index in [0.29, 0.717) is 30.8 Å². The van der Waals surface area contributed by atoms with Crippen molar-refractivity contribution in [2.75, 3.05) is 32.8 Å². The Morgan fingerprint density at radius 2 is 1.94 bits per heavy atom. The Labute approximate surface area is 199 Å². The van der Waals surface area contributed by atoms with E-state index in [1.54, 1.807) is 36.7 Å². The third-order valence-electron chi connectivity index (χ3n) is 5.85. The number of imidazole rings is 1. The quantitative estimate of drug-likeness (QED) is 0.381. The van der Waals surface area contributed by atoms with Crippen LogP contribution in [0.5, 0.6) is 5.75 Å². The Morgan fingerprint density at radius 1 is 1.06 bits per heavy atom. The van der Waals surface area contributed by atoms with Gasteiger partial charge in [-0.2, -0.15) is 0 Å². The zero-order valence-corrected chi connectivity index (χ0v) is 19.3. The molecule has 0 radical (unpaired) electrons. The minimum atomic E-state index is -0.193. The predicted molar refractivity (Wildman–Crippen MR) is 130 cm³/mol. The molecule has 4 rings (SSSR count). The number of hydrogen-bond acceptors (Lipinski definition) is 5. The van der Waals surface area contributed by atoms with E-state index in [1.165, 1.54) is 11.1 Å². The minimum absolute atomic E-state index is 0.0827. The lowest BCUT2D eigenvalue weighted by molar-refractivity contribution is -0.123. The van der Waals surface area contributed by atoms with Gasteiger partial charge in [0.05, 0.1) is 0 Å². The first-order valence-corrected chi connectivity index (χ1v) is 11.7. The number of ether oxygens (including phenoxy) is 1. The first-order chi connectivity index (χ1) is 16.7. The number of fused-ring (bicyclic) bond motifs is 1. The molecule has 178 valence electrons. The molecule has 0 bridgehead atoms. The molecule has 34 heavy (non-hydrogen) atoms. The van der Waals surface area contributed by atoms with Gasteiger partial charge in [-0.1, -0.05) is 30.3 Å². The second-order valence-corrected chi connectivity index (χ2v) is 8.36. The number of nitrogens with zero attached hydrogens (tertiary/aromatic N) is 2. The van der Waals surface area contributed by atoms with E-state index in [2.05, 4.69) is 49.8 Å². The van der Waals surface area contributed by atoms with Gasteiger partial charge in [0.1, 0.15) is 11.6 Å². The molecule has 0 spiro atoms. The Morgan fingerprint density at radius 3 is 2.79 bits per heavy atom. The van der Waals surface area contributed by atoms with Gasteiger partial charge in [0.25, 0.3) is 11.8 Å². The third kappa shape index (κ3) is 6.92. The van der Waals surface area contributed by atoms with Gasteiger partial charge < -0.3 is 20.4 Å². The predicted octanol–water partition coefficient (Wildman–Crippen LogP) is 2.33. The van der Waals surface area contributed by atoms with Crippen LogP contribution in [0.25, 0.3) is 0 Å². The van der Waals surface area contributed by atoms with Gasteiger partial charge in [0, 0.05) is 57.1 Å². The van der Waals surface area contributed by atoms with Gasteiger partial charge in [0.2, 0.25) is 0 Å². The van der Waals surface area contributed by atoms with Gasteiger partial charge >= 0.3 is 0 Å². The zero-order valence-electron chi connectivity index (χ0n) is 19.3. The van der Waals surface area contributed by atoms with Crippen LogP contribution in [-0.4, -0.2) is 59.5 Å². The zero-order chi connectivity index (χ0) is 23.6. The summed E-state index contributed by atoms with van der Waals surface area (Å²) in [5.41, 5.74) is 3.33. The Hall–Kier alpha value is -3.65. The van der Waals surface area contributed by atoms with Crippen molar-refractivity contribution in [1.82, 2.24) is 25.5 Å². The van der Waals surface area contributed by atoms with Crippen LogP contribution in [-0.2, 0) is 24.2 Å². The average Bonchev–Trinajstić information content (AvgIpc) is 3.39. The summed E-state index contributed by atoms with van der Waals surface area (Å²) in [6.45, 7) is 3.98. The molecule has 1 aliphatic rings. The highest BCUT2D eigenvalue weighted by Gasteiger charge is 2.15. The number of H-pyrrole nitrogens is 1. The van der Waals surface area contributed by atoms with Gasteiger partial charge in [-0.15, -0.1) is 0 Å². The lowest BCUT2D eigenvalue weighted by Crippen LogP contribution is -2.35. The summed E-state index contributed by atoms with van der Waals surface area (Å²) < 4.78 is 5.59. The molecule has 2 amide bonds. The minimum Gasteiger partial charge on any atom is -0.484 e. The number of carbonyl (C=O) groups excluding carboxylic acids is 2. The Kier molecular flexibility index (Phi) is 8.29. The molecule has 0 aliphatic carbocycles.